The van der Waals surface area contributed by atoms with E-state index in [1.807, 2.05) is 0 Å². The summed E-state index contributed by atoms with van der Waals surface area (Å²) in [5.41, 5.74) is 0.368. The predicted molar refractivity (Wildman–Crippen MR) is 101 cm³/mol. The number of benzene rings is 1. The minimum absolute atomic E-state index is 0.0324. The van der Waals surface area contributed by atoms with Crippen LogP contribution in [-0.2, 0) is 14.8 Å². The van der Waals surface area contributed by atoms with Crippen molar-refractivity contribution in [1.29, 1.82) is 0 Å². The first-order valence-electron chi connectivity index (χ1n) is 9.25. The Morgan fingerprint density at radius 2 is 1.78 bits per heavy atom. The first-order chi connectivity index (χ1) is 13.0. The van der Waals surface area contributed by atoms with Gasteiger partial charge in [0.25, 0.3) is 5.91 Å². The van der Waals surface area contributed by atoms with Gasteiger partial charge in [0.2, 0.25) is 10.0 Å². The van der Waals surface area contributed by atoms with E-state index in [9.17, 15) is 13.2 Å². The quantitative estimate of drug-likeness (QED) is 0.720. The molecule has 0 spiro atoms. The van der Waals surface area contributed by atoms with E-state index in [1.165, 1.54) is 17.5 Å². The van der Waals surface area contributed by atoms with E-state index in [4.69, 9.17) is 9.47 Å². The number of piperazine rings is 1. The molecular formula is C18H27N3O5S. The molecule has 0 bridgehead atoms. The highest BCUT2D eigenvalue weighted by atomic mass is 32.2. The third kappa shape index (κ3) is 4.26. The highest BCUT2D eigenvalue weighted by Gasteiger charge is 2.31. The zero-order valence-corrected chi connectivity index (χ0v) is 16.7. The Balaban J connectivity index is 1.86. The summed E-state index contributed by atoms with van der Waals surface area (Å²) in [6.45, 7) is 7.33. The maximum atomic E-state index is 13.1. The van der Waals surface area contributed by atoms with Gasteiger partial charge in [-0.1, -0.05) is 6.92 Å². The molecule has 0 aromatic heterocycles. The van der Waals surface area contributed by atoms with Crippen LogP contribution in [-0.4, -0.2) is 94.6 Å². The lowest BCUT2D eigenvalue weighted by atomic mass is 10.1. The first-order valence-corrected chi connectivity index (χ1v) is 10.7. The maximum Gasteiger partial charge on any atom is 0.253 e. The van der Waals surface area contributed by atoms with Crippen LogP contribution in [0.1, 0.15) is 17.3 Å². The van der Waals surface area contributed by atoms with E-state index < -0.39 is 10.0 Å². The fourth-order valence-electron chi connectivity index (χ4n) is 3.39. The van der Waals surface area contributed by atoms with Crippen molar-refractivity contribution in [3.05, 3.63) is 23.8 Å². The van der Waals surface area contributed by atoms with E-state index in [2.05, 4.69) is 11.8 Å². The summed E-state index contributed by atoms with van der Waals surface area (Å²) >= 11 is 0. The molecule has 2 saturated heterocycles. The number of methoxy groups -OCH3 is 1. The predicted octanol–water partition coefficient (Wildman–Crippen LogP) is 0.494. The molecule has 0 aliphatic carbocycles. The number of carbonyl (C=O) groups excluding carboxylic acids is 1. The molecule has 0 unspecified atom stereocenters. The third-order valence-corrected chi connectivity index (χ3v) is 7.03. The Kier molecular flexibility index (Phi) is 6.36. The van der Waals surface area contributed by atoms with E-state index in [0.717, 1.165) is 19.6 Å². The van der Waals surface area contributed by atoms with Gasteiger partial charge in [0, 0.05) is 44.8 Å². The Labute approximate surface area is 160 Å². The maximum absolute atomic E-state index is 13.1. The van der Waals surface area contributed by atoms with Crippen LogP contribution in [0.15, 0.2) is 23.1 Å². The number of nitrogens with zero attached hydrogens (tertiary/aromatic N) is 3. The smallest absolute Gasteiger partial charge is 0.253 e. The minimum atomic E-state index is -3.75. The Morgan fingerprint density at radius 3 is 2.37 bits per heavy atom. The summed E-state index contributed by atoms with van der Waals surface area (Å²) in [5, 5.41) is 0. The van der Waals surface area contributed by atoms with Crippen molar-refractivity contribution < 1.29 is 22.7 Å². The lowest BCUT2D eigenvalue weighted by Crippen LogP contribution is -2.48. The molecule has 2 heterocycles. The van der Waals surface area contributed by atoms with E-state index in [-0.39, 0.29) is 16.6 Å². The highest BCUT2D eigenvalue weighted by Crippen LogP contribution is 2.29. The van der Waals surface area contributed by atoms with Gasteiger partial charge in [0.05, 0.1) is 20.3 Å². The van der Waals surface area contributed by atoms with Gasteiger partial charge in [-0.3, -0.25) is 4.79 Å². The van der Waals surface area contributed by atoms with Crippen LogP contribution in [0.5, 0.6) is 5.75 Å². The second kappa shape index (κ2) is 8.55. The molecule has 0 saturated carbocycles. The van der Waals surface area contributed by atoms with Gasteiger partial charge in [-0.2, -0.15) is 4.31 Å². The van der Waals surface area contributed by atoms with Gasteiger partial charge in [0.1, 0.15) is 10.6 Å². The highest BCUT2D eigenvalue weighted by molar-refractivity contribution is 7.89. The lowest BCUT2D eigenvalue weighted by molar-refractivity contribution is 0.0643. The Hall–Kier alpha value is -1.68. The number of carbonyl (C=O) groups is 1. The molecule has 1 aromatic rings. The number of ether oxygens (including phenoxy) is 2. The molecule has 1 aromatic carbocycles. The second-order valence-corrected chi connectivity index (χ2v) is 8.51. The molecular weight excluding hydrogens is 370 g/mol. The van der Waals surface area contributed by atoms with Crippen molar-refractivity contribution in [2.24, 2.45) is 0 Å². The number of rotatable bonds is 5. The van der Waals surface area contributed by atoms with Crippen molar-refractivity contribution in [2.75, 3.05) is 66.1 Å². The molecule has 2 aliphatic heterocycles. The van der Waals surface area contributed by atoms with Gasteiger partial charge >= 0.3 is 0 Å². The number of hydrogen-bond acceptors (Lipinski definition) is 6. The molecule has 9 heteroatoms. The minimum Gasteiger partial charge on any atom is -0.495 e. The van der Waals surface area contributed by atoms with Gasteiger partial charge in [-0.25, -0.2) is 8.42 Å². The average molecular weight is 397 g/mol. The molecule has 1 amide bonds. The summed E-state index contributed by atoms with van der Waals surface area (Å²) in [6, 6.07) is 4.63. The zero-order chi connectivity index (χ0) is 19.4. The Morgan fingerprint density at radius 1 is 1.11 bits per heavy atom. The molecule has 150 valence electrons. The summed E-state index contributed by atoms with van der Waals surface area (Å²) in [4.78, 5) is 17.0. The molecule has 0 N–H and O–H groups in total. The van der Waals surface area contributed by atoms with Crippen molar-refractivity contribution in [2.45, 2.75) is 11.8 Å². The summed E-state index contributed by atoms with van der Waals surface area (Å²) in [5.74, 6) is 0.0978. The van der Waals surface area contributed by atoms with Crippen molar-refractivity contribution >= 4 is 15.9 Å². The summed E-state index contributed by atoms with van der Waals surface area (Å²) in [6.07, 6.45) is 0. The van der Waals surface area contributed by atoms with E-state index >= 15 is 0 Å². The van der Waals surface area contributed by atoms with Crippen molar-refractivity contribution in [1.82, 2.24) is 14.1 Å². The van der Waals surface area contributed by atoms with Crippen LogP contribution in [0, 0.1) is 0 Å². The largest absolute Gasteiger partial charge is 0.495 e. The number of amides is 1. The fraction of sp³-hybridized carbons (Fsp3) is 0.611. The average Bonchev–Trinajstić information content (AvgIpc) is 2.73. The fourth-order valence-corrected chi connectivity index (χ4v) is 4.98. The standard InChI is InChI=1S/C18H27N3O5S/c1-3-19-6-8-20(9-7-19)18(22)15-4-5-16(25-2)17(14-15)27(23,24)21-10-12-26-13-11-21/h4-5,14H,3,6-13H2,1-2H3. The molecule has 2 fully saturated rings. The summed E-state index contributed by atoms with van der Waals surface area (Å²) < 4.78 is 38.0. The Bertz CT molecular complexity index is 769. The summed E-state index contributed by atoms with van der Waals surface area (Å²) in [7, 11) is -2.33. The van der Waals surface area contributed by atoms with Crippen LogP contribution >= 0.6 is 0 Å². The molecule has 2 aliphatic rings. The van der Waals surface area contributed by atoms with E-state index in [1.54, 1.807) is 17.0 Å². The van der Waals surface area contributed by atoms with Gasteiger partial charge in [-0.15, -0.1) is 0 Å². The monoisotopic (exact) mass is 397 g/mol. The van der Waals surface area contributed by atoms with Crippen LogP contribution in [0.4, 0.5) is 0 Å². The van der Waals surface area contributed by atoms with Crippen molar-refractivity contribution in [3.8, 4) is 5.75 Å². The van der Waals surface area contributed by atoms with E-state index in [0.29, 0.717) is 45.0 Å². The normalized spacial score (nSPS) is 19.9. The SMILES string of the molecule is CCN1CCN(C(=O)c2ccc(OC)c(S(=O)(=O)N3CCOCC3)c2)CC1. The number of hydrogen-bond donors (Lipinski definition) is 0. The first kappa shape index (κ1) is 20.1. The zero-order valence-electron chi connectivity index (χ0n) is 15.9. The van der Waals surface area contributed by atoms with Crippen molar-refractivity contribution in [3.63, 3.8) is 0 Å². The lowest BCUT2D eigenvalue weighted by Gasteiger charge is -2.34. The number of morpholine rings is 1. The van der Waals surface area contributed by atoms with Crippen LogP contribution < -0.4 is 4.74 Å². The number of sulfonamides is 1. The third-order valence-electron chi connectivity index (χ3n) is 5.11. The van der Waals surface area contributed by atoms with Crippen LogP contribution in [0.3, 0.4) is 0 Å². The van der Waals surface area contributed by atoms with Crippen LogP contribution in [0.2, 0.25) is 0 Å². The van der Waals surface area contributed by atoms with Crippen LogP contribution in [0.25, 0.3) is 0 Å². The molecule has 0 atom stereocenters. The molecule has 0 radical (unpaired) electrons. The molecule has 3 rings (SSSR count). The number of likely N-dealkylation sites (N-methyl/N-ethyl adjacent to an activating group) is 1. The molecule has 27 heavy (non-hydrogen) atoms. The topological polar surface area (TPSA) is 79.4 Å². The van der Waals surface area contributed by atoms with Gasteiger partial charge < -0.3 is 19.3 Å². The van der Waals surface area contributed by atoms with Gasteiger partial charge in [-0.05, 0) is 24.7 Å². The second-order valence-electron chi connectivity index (χ2n) is 6.61. The van der Waals surface area contributed by atoms with Gasteiger partial charge in [0.15, 0.2) is 0 Å². The molecule has 8 nitrogen and oxygen atoms in total.